The normalized spacial score (nSPS) is 14.0. The van der Waals surface area contributed by atoms with E-state index in [1.807, 2.05) is 0 Å². The van der Waals surface area contributed by atoms with Gasteiger partial charge in [-0.05, 0) is 64.2 Å². The number of allylic oxidation sites excluding steroid dienone is 4. The fourth-order valence-corrected chi connectivity index (χ4v) is 8.40. The minimum absolute atomic E-state index is 0.350. The van der Waals surface area contributed by atoms with Crippen molar-refractivity contribution >= 4 is 5.91 Å². The summed E-state index contributed by atoms with van der Waals surface area (Å²) in [7, 11) is 0. The Kier molecular flexibility index (Phi) is 47.8. The Morgan fingerprint density at radius 1 is 0.400 bits per heavy atom. The molecule has 0 aromatic rings. The Labute approximate surface area is 374 Å². The fraction of sp³-hybridized carbons (Fsp3) is 0.907. The highest BCUT2D eigenvalue weighted by Crippen LogP contribution is 2.17. The lowest BCUT2D eigenvalue weighted by Gasteiger charge is -2.27. The second-order valence-corrected chi connectivity index (χ2v) is 18.6. The smallest absolute Gasteiger partial charge is 0.249 e. The molecule has 0 spiro atoms. The van der Waals surface area contributed by atoms with Gasteiger partial charge in [0, 0.05) is 0 Å². The summed E-state index contributed by atoms with van der Waals surface area (Å²) in [5, 5.41) is 43.8. The van der Waals surface area contributed by atoms with E-state index in [1.165, 1.54) is 205 Å². The second-order valence-electron chi connectivity index (χ2n) is 18.6. The van der Waals surface area contributed by atoms with Crippen LogP contribution in [0.2, 0.25) is 0 Å². The average Bonchev–Trinajstić information content (AvgIpc) is 3.25. The number of unbranched alkanes of at least 4 members (excludes halogenated alkanes) is 36. The first-order valence-corrected chi connectivity index (χ1v) is 26.7. The van der Waals surface area contributed by atoms with E-state index in [9.17, 15) is 25.2 Å². The van der Waals surface area contributed by atoms with Gasteiger partial charge in [0.15, 0.2) is 0 Å². The van der Waals surface area contributed by atoms with Crippen LogP contribution in [0.1, 0.15) is 284 Å². The first-order valence-electron chi connectivity index (χ1n) is 26.7. The van der Waals surface area contributed by atoms with Gasteiger partial charge >= 0.3 is 0 Å². The summed E-state index contributed by atoms with van der Waals surface area (Å²) in [6.45, 7) is 4.06. The highest BCUT2D eigenvalue weighted by atomic mass is 16.3. The number of hydrogen-bond acceptors (Lipinski definition) is 5. The van der Waals surface area contributed by atoms with E-state index in [0.717, 1.165) is 51.4 Å². The predicted octanol–water partition coefficient (Wildman–Crippen LogP) is 15.1. The lowest BCUT2D eigenvalue weighted by atomic mass is 10.00. The molecule has 0 aromatic heterocycles. The van der Waals surface area contributed by atoms with Crippen LogP contribution in [0.4, 0.5) is 0 Å². The number of hydrogen-bond donors (Lipinski definition) is 5. The highest BCUT2D eigenvalue weighted by molar-refractivity contribution is 5.80. The summed E-state index contributed by atoms with van der Waals surface area (Å²) in [5.74, 6) is -0.599. The summed E-state index contributed by atoms with van der Waals surface area (Å²) >= 11 is 0. The van der Waals surface area contributed by atoms with Crippen molar-refractivity contribution in [2.24, 2.45) is 0 Å². The standard InChI is InChI=1S/C54H105NO5/c1-3-5-7-9-11-13-15-17-19-21-22-23-24-25-26-27-28-29-30-32-33-35-37-39-41-43-45-47-51(57)53(59)50(49-56)55-54(60)52(58)48-46-44-42-40-38-36-34-31-20-18-16-14-12-10-8-6-4-2/h34,36,39,41,50-53,56-59H,3-33,35,37-38,40,42-49H2,1-2H3,(H,55,60)/b36-34-,41-39+. The number of nitrogens with one attached hydrogen (secondary N) is 1. The second kappa shape index (κ2) is 48.8. The summed E-state index contributed by atoms with van der Waals surface area (Å²) in [4.78, 5) is 12.5. The van der Waals surface area contributed by atoms with Crippen LogP contribution in [0, 0.1) is 0 Å². The van der Waals surface area contributed by atoms with Gasteiger partial charge in [-0.2, -0.15) is 0 Å². The molecular formula is C54H105NO5. The van der Waals surface area contributed by atoms with Gasteiger partial charge in [-0.15, -0.1) is 0 Å². The maximum atomic E-state index is 12.5. The van der Waals surface area contributed by atoms with E-state index in [1.54, 1.807) is 0 Å². The van der Waals surface area contributed by atoms with E-state index in [2.05, 4.69) is 43.5 Å². The molecule has 60 heavy (non-hydrogen) atoms. The first-order chi connectivity index (χ1) is 29.5. The Morgan fingerprint density at radius 2 is 0.683 bits per heavy atom. The van der Waals surface area contributed by atoms with Crippen molar-refractivity contribution in [2.75, 3.05) is 6.61 Å². The molecule has 0 aliphatic heterocycles. The quantitative estimate of drug-likeness (QED) is 0.0309. The molecule has 6 nitrogen and oxygen atoms in total. The third-order valence-corrected chi connectivity index (χ3v) is 12.6. The van der Waals surface area contributed by atoms with Gasteiger partial charge in [-0.3, -0.25) is 4.79 Å². The number of carbonyl (C=O) groups excluding carboxylic acids is 1. The van der Waals surface area contributed by atoms with Crippen molar-refractivity contribution in [3.63, 3.8) is 0 Å². The van der Waals surface area contributed by atoms with Crippen molar-refractivity contribution < 1.29 is 25.2 Å². The molecule has 4 atom stereocenters. The minimum Gasteiger partial charge on any atom is -0.394 e. The minimum atomic E-state index is -1.28. The maximum absolute atomic E-state index is 12.5. The number of aliphatic hydroxyl groups excluding tert-OH is 4. The van der Waals surface area contributed by atoms with Gasteiger partial charge in [0.05, 0.1) is 18.8 Å². The van der Waals surface area contributed by atoms with E-state index in [0.29, 0.717) is 12.8 Å². The molecule has 0 heterocycles. The van der Waals surface area contributed by atoms with Crippen molar-refractivity contribution in [3.8, 4) is 0 Å². The molecule has 0 aromatic carbocycles. The Morgan fingerprint density at radius 3 is 1.00 bits per heavy atom. The van der Waals surface area contributed by atoms with Crippen molar-refractivity contribution in [2.45, 2.75) is 308 Å². The van der Waals surface area contributed by atoms with Crippen LogP contribution in [-0.4, -0.2) is 57.3 Å². The first kappa shape index (κ1) is 58.8. The third-order valence-electron chi connectivity index (χ3n) is 12.6. The zero-order valence-corrected chi connectivity index (χ0v) is 40.2. The lowest BCUT2D eigenvalue weighted by molar-refractivity contribution is -0.132. The molecule has 6 heteroatoms. The summed E-state index contributed by atoms with van der Waals surface area (Å²) in [6.07, 6.45) is 58.1. The van der Waals surface area contributed by atoms with Gasteiger partial charge in [0.25, 0.3) is 0 Å². The molecule has 0 fully saturated rings. The summed E-state index contributed by atoms with van der Waals surface area (Å²) in [5.41, 5.74) is 0. The van der Waals surface area contributed by atoms with Crippen LogP contribution < -0.4 is 5.32 Å². The molecule has 5 N–H and O–H groups in total. The maximum Gasteiger partial charge on any atom is 0.249 e. The van der Waals surface area contributed by atoms with Crippen molar-refractivity contribution in [1.82, 2.24) is 5.32 Å². The van der Waals surface area contributed by atoms with Crippen LogP contribution in [-0.2, 0) is 4.79 Å². The van der Waals surface area contributed by atoms with Crippen molar-refractivity contribution in [1.29, 1.82) is 0 Å². The van der Waals surface area contributed by atoms with Gasteiger partial charge in [-0.25, -0.2) is 0 Å². The van der Waals surface area contributed by atoms with Crippen LogP contribution in [0.25, 0.3) is 0 Å². The van der Waals surface area contributed by atoms with E-state index >= 15 is 0 Å². The van der Waals surface area contributed by atoms with Gasteiger partial charge in [0.1, 0.15) is 12.2 Å². The Hall–Kier alpha value is -1.21. The Balaban J connectivity index is 3.66. The molecule has 0 aliphatic rings. The summed E-state index contributed by atoms with van der Waals surface area (Å²) < 4.78 is 0. The van der Waals surface area contributed by atoms with E-state index < -0.39 is 36.9 Å². The molecule has 0 saturated carbocycles. The number of amides is 1. The molecule has 0 saturated heterocycles. The number of aliphatic hydroxyl groups is 4. The zero-order valence-electron chi connectivity index (χ0n) is 40.2. The third kappa shape index (κ3) is 42.1. The van der Waals surface area contributed by atoms with Gasteiger partial charge in [-0.1, -0.05) is 244 Å². The molecule has 4 unspecified atom stereocenters. The summed E-state index contributed by atoms with van der Waals surface area (Å²) in [6, 6.07) is -1.01. The molecular weight excluding hydrogens is 743 g/mol. The van der Waals surface area contributed by atoms with Crippen molar-refractivity contribution in [3.05, 3.63) is 24.3 Å². The average molecular weight is 848 g/mol. The predicted molar refractivity (Wildman–Crippen MR) is 261 cm³/mol. The Bertz CT molecular complexity index is 909. The number of carbonyl (C=O) groups is 1. The molecule has 0 bridgehead atoms. The monoisotopic (exact) mass is 848 g/mol. The topological polar surface area (TPSA) is 110 Å². The SMILES string of the molecule is CCCCCCCCCCC/C=C\CCCCCCC(O)C(=O)NC(CO)C(O)C(O)CCC/C=C/CCCCCCCCCCCCCCCCCCCCCCCC. The zero-order chi connectivity index (χ0) is 43.8. The van der Waals surface area contributed by atoms with Gasteiger partial charge in [0.2, 0.25) is 5.91 Å². The lowest BCUT2D eigenvalue weighted by Crippen LogP contribution is -2.53. The molecule has 0 rings (SSSR count). The van der Waals surface area contributed by atoms with E-state index in [-0.39, 0.29) is 0 Å². The van der Waals surface area contributed by atoms with Crippen LogP contribution in [0.15, 0.2) is 24.3 Å². The molecule has 0 radical (unpaired) electrons. The van der Waals surface area contributed by atoms with Gasteiger partial charge < -0.3 is 25.7 Å². The van der Waals surface area contributed by atoms with E-state index in [4.69, 9.17) is 0 Å². The fourth-order valence-electron chi connectivity index (χ4n) is 8.40. The molecule has 356 valence electrons. The number of rotatable bonds is 49. The van der Waals surface area contributed by atoms with Crippen LogP contribution in [0.3, 0.4) is 0 Å². The largest absolute Gasteiger partial charge is 0.394 e. The molecule has 0 aliphatic carbocycles. The highest BCUT2D eigenvalue weighted by Gasteiger charge is 2.28. The van der Waals surface area contributed by atoms with Crippen LogP contribution in [0.5, 0.6) is 0 Å². The van der Waals surface area contributed by atoms with Crippen LogP contribution >= 0.6 is 0 Å². The molecule has 1 amide bonds.